The minimum atomic E-state index is -3.34. The molecule has 0 aliphatic heterocycles. The van der Waals surface area contributed by atoms with Crippen molar-refractivity contribution in [1.29, 1.82) is 0 Å². The van der Waals surface area contributed by atoms with Gasteiger partial charge in [-0.1, -0.05) is 48.5 Å². The zero-order chi connectivity index (χ0) is 25.2. The van der Waals surface area contributed by atoms with Gasteiger partial charge in [0.25, 0.3) is 5.56 Å². The number of alkyl halides is 2. The lowest BCUT2D eigenvalue weighted by Gasteiger charge is -2.18. The van der Waals surface area contributed by atoms with E-state index in [2.05, 4.69) is 0 Å². The Morgan fingerprint density at radius 2 is 1.74 bits per heavy atom. The average Bonchev–Trinajstić information content (AvgIpc) is 2.82. The van der Waals surface area contributed by atoms with Crippen molar-refractivity contribution in [3.8, 4) is 16.9 Å². The van der Waals surface area contributed by atoms with Gasteiger partial charge in [-0.05, 0) is 53.3 Å². The van der Waals surface area contributed by atoms with Crippen LogP contribution in [0.15, 0.2) is 76.3 Å². The van der Waals surface area contributed by atoms with Crippen molar-refractivity contribution in [2.45, 2.75) is 32.4 Å². The van der Waals surface area contributed by atoms with E-state index in [0.29, 0.717) is 40.9 Å². The maximum Gasteiger partial charge on any atom is 0.394 e. The van der Waals surface area contributed by atoms with Crippen LogP contribution < -0.4 is 16.0 Å². The van der Waals surface area contributed by atoms with E-state index < -0.39 is 17.4 Å². The lowest BCUT2D eigenvalue weighted by atomic mass is 9.91. The van der Waals surface area contributed by atoms with E-state index in [1.54, 1.807) is 31.3 Å². The summed E-state index contributed by atoms with van der Waals surface area (Å²) in [5.74, 6) is 0.00146. The molecule has 4 rings (SSSR count). The predicted octanol–water partition coefficient (Wildman–Crippen LogP) is 4.33. The number of aliphatic hydroxyl groups excluding tert-OH is 1. The van der Waals surface area contributed by atoms with Crippen molar-refractivity contribution in [3.63, 3.8) is 0 Å². The maximum absolute atomic E-state index is 13.6. The summed E-state index contributed by atoms with van der Waals surface area (Å²) in [7, 11) is 1.60. The first-order valence-corrected chi connectivity index (χ1v) is 11.3. The number of halogens is 2. The number of hydrogen-bond donors (Lipinski definition) is 1. The van der Waals surface area contributed by atoms with Crippen molar-refractivity contribution < 1.29 is 18.6 Å². The fourth-order valence-electron chi connectivity index (χ4n) is 4.27. The first-order valence-electron chi connectivity index (χ1n) is 11.3. The number of nitrogens with zero attached hydrogens (tertiary/aromatic N) is 2. The summed E-state index contributed by atoms with van der Waals surface area (Å²) in [6.45, 7) is 0.604. The molecule has 0 aliphatic carbocycles. The van der Waals surface area contributed by atoms with Gasteiger partial charge in [-0.2, -0.15) is 8.78 Å². The van der Waals surface area contributed by atoms with Gasteiger partial charge < -0.3 is 9.84 Å². The summed E-state index contributed by atoms with van der Waals surface area (Å²) in [5, 5.41) is 9.62. The Balaban J connectivity index is 2.01. The second kappa shape index (κ2) is 9.84. The van der Waals surface area contributed by atoms with Crippen LogP contribution in [0.5, 0.6) is 5.75 Å². The molecule has 4 aromatic rings. The number of benzene rings is 3. The van der Waals surface area contributed by atoms with Crippen LogP contribution >= 0.6 is 0 Å². The van der Waals surface area contributed by atoms with Gasteiger partial charge in [-0.15, -0.1) is 0 Å². The van der Waals surface area contributed by atoms with Gasteiger partial charge in [0.05, 0.1) is 10.9 Å². The van der Waals surface area contributed by atoms with Crippen LogP contribution in [0.3, 0.4) is 0 Å². The smallest absolute Gasteiger partial charge is 0.394 e. The highest BCUT2D eigenvalue weighted by Crippen LogP contribution is 2.33. The normalized spacial score (nSPS) is 11.7. The summed E-state index contributed by atoms with van der Waals surface area (Å²) < 4.78 is 34.3. The molecule has 3 aromatic carbocycles. The Morgan fingerprint density at radius 1 is 1.00 bits per heavy atom. The molecule has 35 heavy (non-hydrogen) atoms. The Morgan fingerprint density at radius 3 is 2.43 bits per heavy atom. The van der Waals surface area contributed by atoms with Crippen molar-refractivity contribution in [2.75, 3.05) is 6.61 Å². The number of aromatic nitrogens is 2. The van der Waals surface area contributed by atoms with Gasteiger partial charge in [-0.25, -0.2) is 4.79 Å². The van der Waals surface area contributed by atoms with E-state index in [1.807, 2.05) is 30.3 Å². The molecular formula is C27H26F2N2O4. The standard InChI is InChI=1S/C27H26F2N2O4/c1-27(28,29)35-20-11-6-10-19(17-20)21-12-13-23-24(22(21)16-18-8-4-3-5-9-18)25(33)31(14-7-15-32)26(34)30(23)2/h3-6,8-13,17,32H,7,14-16H2,1-2H3. The van der Waals surface area contributed by atoms with E-state index in [1.165, 1.54) is 16.7 Å². The van der Waals surface area contributed by atoms with Gasteiger partial charge in [0, 0.05) is 27.1 Å². The van der Waals surface area contributed by atoms with Gasteiger partial charge in [-0.3, -0.25) is 13.9 Å². The van der Waals surface area contributed by atoms with Crippen LogP contribution in [-0.2, 0) is 20.0 Å². The summed E-state index contributed by atoms with van der Waals surface area (Å²) >= 11 is 0. The Kier molecular flexibility index (Phi) is 6.84. The highest BCUT2D eigenvalue weighted by atomic mass is 19.3. The van der Waals surface area contributed by atoms with Crippen molar-refractivity contribution in [1.82, 2.24) is 9.13 Å². The topological polar surface area (TPSA) is 73.5 Å². The first-order chi connectivity index (χ1) is 16.7. The van der Waals surface area contributed by atoms with Gasteiger partial charge in [0.2, 0.25) is 0 Å². The fourth-order valence-corrected chi connectivity index (χ4v) is 4.27. The summed E-state index contributed by atoms with van der Waals surface area (Å²) in [4.78, 5) is 26.5. The third-order valence-electron chi connectivity index (χ3n) is 5.83. The van der Waals surface area contributed by atoms with E-state index in [0.717, 1.165) is 10.1 Å². The van der Waals surface area contributed by atoms with Crippen LogP contribution in [0.2, 0.25) is 0 Å². The fraction of sp³-hybridized carbons (Fsp3) is 0.259. The quantitative estimate of drug-likeness (QED) is 0.407. The Bertz CT molecular complexity index is 1470. The lowest BCUT2D eigenvalue weighted by Crippen LogP contribution is -2.39. The minimum Gasteiger partial charge on any atom is -0.433 e. The van der Waals surface area contributed by atoms with E-state index >= 15 is 0 Å². The highest BCUT2D eigenvalue weighted by Gasteiger charge is 2.24. The van der Waals surface area contributed by atoms with Crippen LogP contribution in [0.25, 0.3) is 22.0 Å². The molecule has 8 heteroatoms. The highest BCUT2D eigenvalue weighted by molar-refractivity contribution is 5.89. The second-order valence-corrected chi connectivity index (χ2v) is 8.46. The number of rotatable bonds is 8. The minimum absolute atomic E-state index is 0.00146. The maximum atomic E-state index is 13.6. The predicted molar refractivity (Wildman–Crippen MR) is 131 cm³/mol. The molecule has 0 amide bonds. The van der Waals surface area contributed by atoms with Crippen LogP contribution in [0, 0.1) is 0 Å². The monoisotopic (exact) mass is 480 g/mol. The van der Waals surface area contributed by atoms with Crippen LogP contribution in [-0.4, -0.2) is 27.0 Å². The molecule has 1 aromatic heterocycles. The molecule has 0 unspecified atom stereocenters. The SMILES string of the molecule is Cn1c(=O)n(CCCO)c(=O)c2c(Cc3ccccc3)c(-c3cccc(OC(C)(F)F)c3)ccc21. The van der Waals surface area contributed by atoms with Crippen molar-refractivity contribution in [2.24, 2.45) is 7.05 Å². The molecule has 182 valence electrons. The molecule has 0 radical (unpaired) electrons. The summed E-state index contributed by atoms with van der Waals surface area (Å²) in [6.07, 6.45) is -2.69. The number of aliphatic hydroxyl groups is 1. The van der Waals surface area contributed by atoms with Gasteiger partial charge >= 0.3 is 11.8 Å². The number of aryl methyl sites for hydroxylation is 1. The Hall–Kier alpha value is -3.78. The third kappa shape index (κ3) is 5.17. The number of ether oxygens (including phenoxy) is 1. The average molecular weight is 481 g/mol. The van der Waals surface area contributed by atoms with Gasteiger partial charge in [0.15, 0.2) is 0 Å². The molecule has 0 bridgehead atoms. The number of fused-ring (bicyclic) bond motifs is 1. The molecule has 0 saturated heterocycles. The first kappa shape index (κ1) is 24.3. The molecule has 1 N–H and O–H groups in total. The van der Waals surface area contributed by atoms with Crippen molar-refractivity contribution >= 4 is 10.9 Å². The molecule has 1 heterocycles. The molecule has 0 fully saturated rings. The second-order valence-electron chi connectivity index (χ2n) is 8.46. The van der Waals surface area contributed by atoms with Crippen LogP contribution in [0.1, 0.15) is 24.5 Å². The van der Waals surface area contributed by atoms with Crippen molar-refractivity contribution in [3.05, 3.63) is 98.7 Å². The van der Waals surface area contributed by atoms with Crippen LogP contribution in [0.4, 0.5) is 8.78 Å². The lowest BCUT2D eigenvalue weighted by molar-refractivity contribution is -0.158. The largest absolute Gasteiger partial charge is 0.433 e. The van der Waals surface area contributed by atoms with E-state index in [4.69, 9.17) is 4.74 Å². The third-order valence-corrected chi connectivity index (χ3v) is 5.83. The summed E-state index contributed by atoms with van der Waals surface area (Å²) in [5.41, 5.74) is 2.47. The zero-order valence-corrected chi connectivity index (χ0v) is 19.5. The Labute approximate surface area is 200 Å². The number of hydrogen-bond acceptors (Lipinski definition) is 4. The van der Waals surface area contributed by atoms with Gasteiger partial charge in [0.1, 0.15) is 5.75 Å². The van der Waals surface area contributed by atoms with E-state index in [-0.39, 0.29) is 25.3 Å². The molecule has 0 aliphatic rings. The molecule has 0 spiro atoms. The summed E-state index contributed by atoms with van der Waals surface area (Å²) in [6, 6.07) is 19.4. The zero-order valence-electron chi connectivity index (χ0n) is 19.5. The molecule has 0 saturated carbocycles. The molecule has 6 nitrogen and oxygen atoms in total. The molecule has 0 atom stereocenters. The molecular weight excluding hydrogens is 454 g/mol. The van der Waals surface area contributed by atoms with E-state index in [9.17, 15) is 23.5 Å².